The Kier molecular flexibility index (Phi) is 6.65. The summed E-state index contributed by atoms with van der Waals surface area (Å²) in [4.78, 5) is 13.9. The fourth-order valence-corrected chi connectivity index (χ4v) is 2.44. The lowest BCUT2D eigenvalue weighted by Crippen LogP contribution is -2.34. The first kappa shape index (κ1) is 16.6. The number of nitrogens with two attached hydrogens (primary N) is 1. The van der Waals surface area contributed by atoms with E-state index >= 15 is 0 Å². The van der Waals surface area contributed by atoms with Gasteiger partial charge in [0, 0.05) is 13.0 Å². The number of halogens is 1. The average Bonchev–Trinajstić information content (AvgIpc) is 2.40. The summed E-state index contributed by atoms with van der Waals surface area (Å²) in [6.45, 7) is 7.02. The van der Waals surface area contributed by atoms with Crippen LogP contribution in [0, 0.1) is 17.7 Å². The summed E-state index contributed by atoms with van der Waals surface area (Å²) in [7, 11) is 0. The SMILES string of the molecule is CCN(C(=O)CC(CN)CC(C)C)c1ccccc1F. The van der Waals surface area contributed by atoms with Gasteiger partial charge in [-0.2, -0.15) is 0 Å². The highest BCUT2D eigenvalue weighted by Gasteiger charge is 2.21. The molecule has 0 bridgehead atoms. The van der Waals surface area contributed by atoms with Gasteiger partial charge in [0.2, 0.25) is 5.91 Å². The number of nitrogens with zero attached hydrogens (tertiary/aromatic N) is 1. The molecule has 0 spiro atoms. The lowest BCUT2D eigenvalue weighted by molar-refractivity contribution is -0.119. The van der Waals surface area contributed by atoms with E-state index in [0.29, 0.717) is 31.1 Å². The van der Waals surface area contributed by atoms with Gasteiger partial charge in [0.1, 0.15) is 5.82 Å². The van der Waals surface area contributed by atoms with Gasteiger partial charge in [-0.25, -0.2) is 4.39 Å². The number of para-hydroxylation sites is 1. The Bertz CT molecular complexity index is 434. The van der Waals surface area contributed by atoms with Crippen molar-refractivity contribution in [2.75, 3.05) is 18.0 Å². The lowest BCUT2D eigenvalue weighted by Gasteiger charge is -2.24. The molecule has 1 aromatic carbocycles. The standard InChI is InChI=1S/C16H25FN2O/c1-4-19(15-8-6-5-7-14(15)17)16(20)10-13(11-18)9-12(2)3/h5-8,12-13H,4,9-11,18H2,1-3H3. The van der Waals surface area contributed by atoms with E-state index in [-0.39, 0.29) is 17.6 Å². The van der Waals surface area contributed by atoms with Crippen LogP contribution in [0.25, 0.3) is 0 Å². The van der Waals surface area contributed by atoms with Crippen molar-refractivity contribution in [2.45, 2.75) is 33.6 Å². The van der Waals surface area contributed by atoms with E-state index < -0.39 is 0 Å². The zero-order valence-electron chi connectivity index (χ0n) is 12.6. The van der Waals surface area contributed by atoms with Crippen molar-refractivity contribution in [3.8, 4) is 0 Å². The molecular weight excluding hydrogens is 255 g/mol. The minimum Gasteiger partial charge on any atom is -0.330 e. The number of anilines is 1. The van der Waals surface area contributed by atoms with Crippen LogP contribution >= 0.6 is 0 Å². The molecule has 2 N–H and O–H groups in total. The van der Waals surface area contributed by atoms with Crippen molar-refractivity contribution in [3.63, 3.8) is 0 Å². The topological polar surface area (TPSA) is 46.3 Å². The first-order valence-corrected chi connectivity index (χ1v) is 7.24. The Hall–Kier alpha value is -1.42. The molecule has 0 aliphatic carbocycles. The monoisotopic (exact) mass is 280 g/mol. The Balaban J connectivity index is 2.80. The molecule has 1 atom stereocenters. The summed E-state index contributed by atoms with van der Waals surface area (Å²) in [6, 6.07) is 6.37. The predicted molar refractivity (Wildman–Crippen MR) is 81.0 cm³/mol. The summed E-state index contributed by atoms with van der Waals surface area (Å²) in [5.41, 5.74) is 6.08. The van der Waals surface area contributed by atoms with E-state index in [1.54, 1.807) is 18.2 Å². The molecule has 20 heavy (non-hydrogen) atoms. The molecule has 1 amide bonds. The van der Waals surface area contributed by atoms with Gasteiger partial charge in [0.25, 0.3) is 0 Å². The van der Waals surface area contributed by atoms with Gasteiger partial charge in [0.05, 0.1) is 5.69 Å². The van der Waals surface area contributed by atoms with Gasteiger partial charge in [-0.15, -0.1) is 0 Å². The largest absolute Gasteiger partial charge is 0.330 e. The number of amides is 1. The second-order valence-electron chi connectivity index (χ2n) is 5.52. The number of rotatable bonds is 7. The average molecular weight is 280 g/mol. The molecule has 0 saturated heterocycles. The van der Waals surface area contributed by atoms with Crippen molar-refractivity contribution in [2.24, 2.45) is 17.6 Å². The van der Waals surface area contributed by atoms with E-state index in [1.165, 1.54) is 11.0 Å². The molecule has 1 unspecified atom stereocenters. The molecular formula is C16H25FN2O. The molecule has 112 valence electrons. The molecule has 1 aromatic rings. The number of hydrogen-bond donors (Lipinski definition) is 1. The highest BCUT2D eigenvalue weighted by Crippen LogP contribution is 2.22. The fourth-order valence-electron chi connectivity index (χ4n) is 2.44. The van der Waals surface area contributed by atoms with Crippen LogP contribution in [0.5, 0.6) is 0 Å². The molecule has 0 aliphatic heterocycles. The van der Waals surface area contributed by atoms with E-state index in [0.717, 1.165) is 6.42 Å². The third-order valence-electron chi connectivity index (χ3n) is 3.36. The summed E-state index contributed by atoms with van der Waals surface area (Å²) in [5, 5.41) is 0. The Morgan fingerprint density at radius 2 is 2.00 bits per heavy atom. The van der Waals surface area contributed by atoms with Gasteiger partial charge in [-0.05, 0) is 43.9 Å². The van der Waals surface area contributed by atoms with Crippen LogP contribution in [0.4, 0.5) is 10.1 Å². The van der Waals surface area contributed by atoms with E-state index in [2.05, 4.69) is 13.8 Å². The highest BCUT2D eigenvalue weighted by atomic mass is 19.1. The van der Waals surface area contributed by atoms with E-state index in [4.69, 9.17) is 5.73 Å². The maximum Gasteiger partial charge on any atom is 0.227 e. The second kappa shape index (κ2) is 8.00. The quantitative estimate of drug-likeness (QED) is 0.833. The normalized spacial score (nSPS) is 12.5. The van der Waals surface area contributed by atoms with Gasteiger partial charge >= 0.3 is 0 Å². The minimum absolute atomic E-state index is 0.0614. The fraction of sp³-hybridized carbons (Fsp3) is 0.562. The number of carbonyl (C=O) groups excluding carboxylic acids is 1. The van der Waals surface area contributed by atoms with Crippen LogP contribution in [-0.4, -0.2) is 19.0 Å². The molecule has 0 radical (unpaired) electrons. The molecule has 1 rings (SSSR count). The van der Waals surface area contributed by atoms with Gasteiger partial charge in [-0.1, -0.05) is 26.0 Å². The van der Waals surface area contributed by atoms with Crippen LogP contribution in [0.15, 0.2) is 24.3 Å². The van der Waals surface area contributed by atoms with Crippen LogP contribution in [-0.2, 0) is 4.79 Å². The third-order valence-corrected chi connectivity index (χ3v) is 3.36. The van der Waals surface area contributed by atoms with Crippen molar-refractivity contribution in [3.05, 3.63) is 30.1 Å². The van der Waals surface area contributed by atoms with Gasteiger partial charge in [0.15, 0.2) is 0 Å². The zero-order valence-corrected chi connectivity index (χ0v) is 12.6. The van der Waals surface area contributed by atoms with E-state index in [9.17, 15) is 9.18 Å². The smallest absolute Gasteiger partial charge is 0.227 e. The molecule has 4 heteroatoms. The second-order valence-corrected chi connectivity index (χ2v) is 5.52. The minimum atomic E-state index is -0.365. The van der Waals surface area contributed by atoms with Crippen molar-refractivity contribution in [1.82, 2.24) is 0 Å². The zero-order chi connectivity index (χ0) is 15.1. The van der Waals surface area contributed by atoms with Crippen LogP contribution < -0.4 is 10.6 Å². The summed E-state index contributed by atoms with van der Waals surface area (Å²) >= 11 is 0. The van der Waals surface area contributed by atoms with Crippen molar-refractivity contribution >= 4 is 11.6 Å². The van der Waals surface area contributed by atoms with Crippen molar-refractivity contribution in [1.29, 1.82) is 0 Å². The number of hydrogen-bond acceptors (Lipinski definition) is 2. The Morgan fingerprint density at radius 3 is 2.50 bits per heavy atom. The Labute approximate surface area is 121 Å². The summed E-state index contributed by atoms with van der Waals surface area (Å²) in [6.07, 6.45) is 1.29. The molecule has 0 aromatic heterocycles. The summed E-state index contributed by atoms with van der Waals surface area (Å²) < 4.78 is 13.8. The highest BCUT2D eigenvalue weighted by molar-refractivity contribution is 5.93. The molecule has 0 heterocycles. The number of carbonyl (C=O) groups is 1. The Morgan fingerprint density at radius 1 is 1.35 bits per heavy atom. The third kappa shape index (κ3) is 4.60. The first-order chi connectivity index (χ1) is 9.49. The lowest BCUT2D eigenvalue weighted by atomic mass is 9.93. The van der Waals surface area contributed by atoms with Crippen LogP contribution in [0.3, 0.4) is 0 Å². The molecule has 0 aliphatic rings. The molecule has 3 nitrogen and oxygen atoms in total. The maximum atomic E-state index is 13.8. The molecule has 0 saturated carbocycles. The summed E-state index contributed by atoms with van der Waals surface area (Å²) in [5.74, 6) is 0.229. The van der Waals surface area contributed by atoms with Gasteiger partial charge < -0.3 is 10.6 Å². The van der Waals surface area contributed by atoms with E-state index in [1.807, 2.05) is 6.92 Å². The predicted octanol–water partition coefficient (Wildman–Crippen LogP) is 3.19. The maximum absolute atomic E-state index is 13.8. The van der Waals surface area contributed by atoms with Crippen LogP contribution in [0.1, 0.15) is 33.6 Å². The van der Waals surface area contributed by atoms with Gasteiger partial charge in [-0.3, -0.25) is 4.79 Å². The number of benzene rings is 1. The first-order valence-electron chi connectivity index (χ1n) is 7.24. The molecule has 0 fully saturated rings. The van der Waals surface area contributed by atoms with Crippen LogP contribution in [0.2, 0.25) is 0 Å². The van der Waals surface area contributed by atoms with Crippen molar-refractivity contribution < 1.29 is 9.18 Å².